The molecule has 4 nitrogen and oxygen atoms in total. The minimum absolute atomic E-state index is 0.0199. The van der Waals surface area contributed by atoms with Crippen molar-refractivity contribution in [1.82, 2.24) is 5.32 Å². The third kappa shape index (κ3) is 4.31. The summed E-state index contributed by atoms with van der Waals surface area (Å²) >= 11 is 3.47. The van der Waals surface area contributed by atoms with Crippen molar-refractivity contribution < 1.29 is 4.79 Å². The van der Waals surface area contributed by atoms with Gasteiger partial charge in [0, 0.05) is 29.8 Å². The molecule has 18 heavy (non-hydrogen) atoms. The molecular weight excluding hydrogens is 294 g/mol. The van der Waals surface area contributed by atoms with E-state index in [2.05, 4.69) is 21.2 Å². The lowest BCUT2D eigenvalue weighted by atomic mass is 10.2. The first kappa shape index (κ1) is 15.0. The Hall–Kier alpha value is -1.07. The molecule has 0 bridgehead atoms. The van der Waals surface area contributed by atoms with Gasteiger partial charge in [-0.3, -0.25) is 4.79 Å². The lowest BCUT2D eigenvalue weighted by molar-refractivity contribution is -0.120. The molecule has 5 heteroatoms. The Morgan fingerprint density at radius 1 is 1.50 bits per heavy atom. The first-order chi connectivity index (χ1) is 8.43. The van der Waals surface area contributed by atoms with Crippen molar-refractivity contribution in [3.8, 4) is 0 Å². The zero-order chi connectivity index (χ0) is 13.7. The molecule has 1 aromatic rings. The second-order valence-electron chi connectivity index (χ2n) is 4.56. The molecule has 100 valence electrons. The summed E-state index contributed by atoms with van der Waals surface area (Å²) in [5, 5.41) is 2.87. The van der Waals surface area contributed by atoms with Crippen molar-refractivity contribution in [2.24, 2.45) is 5.73 Å². The van der Waals surface area contributed by atoms with Gasteiger partial charge in [0.05, 0.1) is 6.54 Å². The van der Waals surface area contributed by atoms with Gasteiger partial charge < -0.3 is 16.0 Å². The number of nitrogens with zero attached hydrogens (tertiary/aromatic N) is 1. The van der Waals surface area contributed by atoms with Gasteiger partial charge in [-0.15, -0.1) is 0 Å². The van der Waals surface area contributed by atoms with E-state index in [0.717, 1.165) is 15.7 Å². The van der Waals surface area contributed by atoms with E-state index in [1.54, 1.807) is 0 Å². The smallest absolute Gasteiger partial charge is 0.239 e. The Bertz CT molecular complexity index is 421. The van der Waals surface area contributed by atoms with Gasteiger partial charge in [0.15, 0.2) is 0 Å². The molecule has 0 saturated heterocycles. The Balaban J connectivity index is 2.69. The molecular formula is C13H20BrN3O. The van der Waals surface area contributed by atoms with Crippen LogP contribution in [0.5, 0.6) is 0 Å². The summed E-state index contributed by atoms with van der Waals surface area (Å²) in [6.07, 6.45) is 0. The highest BCUT2D eigenvalue weighted by atomic mass is 79.9. The number of hydrogen-bond acceptors (Lipinski definition) is 3. The minimum Gasteiger partial charge on any atom is -0.365 e. The Kier molecular flexibility index (Phi) is 5.62. The predicted octanol–water partition coefficient (Wildman–Crippen LogP) is 1.87. The number of hydrogen-bond donors (Lipinski definition) is 2. The lowest BCUT2D eigenvalue weighted by Crippen LogP contribution is -2.38. The summed E-state index contributed by atoms with van der Waals surface area (Å²) in [6, 6.07) is 6.08. The average molecular weight is 314 g/mol. The molecule has 1 amide bonds. The van der Waals surface area contributed by atoms with Crippen LogP contribution in [-0.4, -0.2) is 25.5 Å². The second-order valence-corrected chi connectivity index (χ2v) is 5.41. The summed E-state index contributed by atoms with van der Waals surface area (Å²) in [4.78, 5) is 13.6. The number of halogens is 1. The van der Waals surface area contributed by atoms with Gasteiger partial charge >= 0.3 is 0 Å². The van der Waals surface area contributed by atoms with Crippen LogP contribution < -0.4 is 16.0 Å². The van der Waals surface area contributed by atoms with Crippen LogP contribution in [0.1, 0.15) is 19.4 Å². The molecule has 0 aliphatic heterocycles. The number of benzene rings is 1. The number of amides is 1. The average Bonchev–Trinajstić information content (AvgIpc) is 2.27. The molecule has 3 N–H and O–H groups in total. The van der Waals surface area contributed by atoms with E-state index in [-0.39, 0.29) is 11.9 Å². The van der Waals surface area contributed by atoms with Gasteiger partial charge in [0.1, 0.15) is 0 Å². The predicted molar refractivity (Wildman–Crippen MR) is 78.6 cm³/mol. The quantitative estimate of drug-likeness (QED) is 0.872. The fourth-order valence-electron chi connectivity index (χ4n) is 1.61. The van der Waals surface area contributed by atoms with Gasteiger partial charge in [-0.05, 0) is 31.5 Å². The minimum atomic E-state index is 0.0199. The van der Waals surface area contributed by atoms with Crippen molar-refractivity contribution in [2.75, 3.05) is 18.5 Å². The van der Waals surface area contributed by atoms with Crippen LogP contribution in [0.25, 0.3) is 0 Å². The lowest BCUT2D eigenvalue weighted by Gasteiger charge is -2.20. The van der Waals surface area contributed by atoms with Gasteiger partial charge in [0.2, 0.25) is 5.91 Å². The molecule has 1 rings (SSSR count). The van der Waals surface area contributed by atoms with Gasteiger partial charge in [-0.2, -0.15) is 0 Å². The number of carbonyl (C=O) groups is 1. The van der Waals surface area contributed by atoms with Crippen LogP contribution in [-0.2, 0) is 11.3 Å². The first-order valence-electron chi connectivity index (χ1n) is 5.93. The molecule has 0 unspecified atom stereocenters. The van der Waals surface area contributed by atoms with E-state index in [9.17, 15) is 4.79 Å². The number of nitrogens with two attached hydrogens (primary N) is 1. The van der Waals surface area contributed by atoms with Crippen LogP contribution in [0.4, 0.5) is 5.69 Å². The molecule has 1 aromatic carbocycles. The van der Waals surface area contributed by atoms with Crippen LogP contribution in [0.2, 0.25) is 0 Å². The number of nitrogens with one attached hydrogen (secondary N) is 1. The fourth-order valence-corrected chi connectivity index (χ4v) is 2.14. The molecule has 0 saturated carbocycles. The maximum atomic E-state index is 11.7. The molecule has 0 aliphatic carbocycles. The normalized spacial score (nSPS) is 10.6. The largest absolute Gasteiger partial charge is 0.365 e. The van der Waals surface area contributed by atoms with Crippen molar-refractivity contribution >= 4 is 27.5 Å². The van der Waals surface area contributed by atoms with E-state index in [4.69, 9.17) is 5.73 Å². The standard InChI is InChI=1S/C13H20BrN3O/c1-9(2)16-13(18)8-17(3)11-5-4-10(7-15)12(14)6-11/h4-6,9H,7-8,15H2,1-3H3,(H,16,18). The number of likely N-dealkylation sites (N-methyl/N-ethyl adjacent to an activating group) is 1. The van der Waals surface area contributed by atoms with Crippen molar-refractivity contribution in [3.63, 3.8) is 0 Å². The third-order valence-electron chi connectivity index (χ3n) is 2.53. The maximum absolute atomic E-state index is 11.7. The number of anilines is 1. The monoisotopic (exact) mass is 313 g/mol. The molecule has 0 heterocycles. The number of rotatable bonds is 5. The third-order valence-corrected chi connectivity index (χ3v) is 3.27. The van der Waals surface area contributed by atoms with Gasteiger partial charge in [0.25, 0.3) is 0 Å². The topological polar surface area (TPSA) is 58.4 Å². The highest BCUT2D eigenvalue weighted by molar-refractivity contribution is 9.10. The Labute approximate surface area is 117 Å². The molecule has 0 fully saturated rings. The summed E-state index contributed by atoms with van der Waals surface area (Å²) in [7, 11) is 1.89. The molecule has 0 aromatic heterocycles. The molecule has 0 atom stereocenters. The van der Waals surface area contributed by atoms with Crippen molar-refractivity contribution in [1.29, 1.82) is 0 Å². The van der Waals surface area contributed by atoms with Crippen LogP contribution in [0, 0.1) is 0 Å². The first-order valence-corrected chi connectivity index (χ1v) is 6.72. The summed E-state index contributed by atoms with van der Waals surface area (Å²) < 4.78 is 0.971. The molecule has 0 spiro atoms. The van der Waals surface area contributed by atoms with Gasteiger partial charge in [-0.25, -0.2) is 0 Å². The van der Waals surface area contributed by atoms with E-state index >= 15 is 0 Å². The van der Waals surface area contributed by atoms with E-state index in [0.29, 0.717) is 13.1 Å². The van der Waals surface area contributed by atoms with Crippen molar-refractivity contribution in [2.45, 2.75) is 26.4 Å². The molecule has 0 radical (unpaired) electrons. The number of carbonyl (C=O) groups excluding carboxylic acids is 1. The zero-order valence-corrected chi connectivity index (χ0v) is 12.6. The molecule has 0 aliphatic rings. The Morgan fingerprint density at radius 3 is 2.67 bits per heavy atom. The van der Waals surface area contributed by atoms with Crippen LogP contribution in [0.15, 0.2) is 22.7 Å². The zero-order valence-electron chi connectivity index (χ0n) is 11.0. The second kappa shape index (κ2) is 6.75. The van der Waals surface area contributed by atoms with E-state index in [1.165, 1.54) is 0 Å². The van der Waals surface area contributed by atoms with E-state index in [1.807, 2.05) is 44.0 Å². The summed E-state index contributed by atoms with van der Waals surface area (Å²) in [6.45, 7) is 4.74. The van der Waals surface area contributed by atoms with Gasteiger partial charge in [-0.1, -0.05) is 22.0 Å². The van der Waals surface area contributed by atoms with Crippen LogP contribution >= 0.6 is 15.9 Å². The SMILES string of the molecule is CC(C)NC(=O)CN(C)c1ccc(CN)c(Br)c1. The van der Waals surface area contributed by atoms with E-state index < -0.39 is 0 Å². The summed E-state index contributed by atoms with van der Waals surface area (Å²) in [5.74, 6) is 0.0199. The highest BCUT2D eigenvalue weighted by Crippen LogP contribution is 2.23. The van der Waals surface area contributed by atoms with Crippen LogP contribution in [0.3, 0.4) is 0 Å². The Morgan fingerprint density at radius 2 is 2.17 bits per heavy atom. The maximum Gasteiger partial charge on any atom is 0.239 e. The fraction of sp³-hybridized carbons (Fsp3) is 0.462. The summed E-state index contributed by atoms with van der Waals surface area (Å²) in [5.41, 5.74) is 7.64. The highest BCUT2D eigenvalue weighted by Gasteiger charge is 2.09. The van der Waals surface area contributed by atoms with Crippen molar-refractivity contribution in [3.05, 3.63) is 28.2 Å².